The van der Waals surface area contributed by atoms with Crippen molar-refractivity contribution in [1.29, 1.82) is 0 Å². The molecule has 0 amide bonds. The van der Waals surface area contributed by atoms with Gasteiger partial charge in [-0.2, -0.15) is 0 Å². The fourth-order valence-corrected chi connectivity index (χ4v) is 2.54. The number of nitrogens with zero attached hydrogens (tertiary/aromatic N) is 1. The normalized spacial score (nSPS) is 16.6. The molecular formula is C18H30N2. The van der Waals surface area contributed by atoms with E-state index in [4.69, 9.17) is 0 Å². The van der Waals surface area contributed by atoms with E-state index in [9.17, 15) is 0 Å². The summed E-state index contributed by atoms with van der Waals surface area (Å²) in [4.78, 5) is 2.57. The lowest BCUT2D eigenvalue weighted by Gasteiger charge is -2.25. The average molecular weight is 274 g/mol. The summed E-state index contributed by atoms with van der Waals surface area (Å²) in [5.74, 6) is 0.784. The Balaban J connectivity index is 1.94. The summed E-state index contributed by atoms with van der Waals surface area (Å²) in [6, 6.07) is 9.70. The highest BCUT2D eigenvalue weighted by molar-refractivity contribution is 5.27. The molecule has 1 aromatic rings. The molecule has 0 bridgehead atoms. The molecule has 0 saturated heterocycles. The predicted octanol–water partition coefficient (Wildman–Crippen LogP) is 3.81. The molecule has 0 aromatic heterocycles. The summed E-state index contributed by atoms with van der Waals surface area (Å²) >= 11 is 0. The molecule has 2 heteroatoms. The minimum absolute atomic E-state index is 0.783. The maximum Gasteiger partial charge on any atom is 0.0236 e. The number of hydrogen-bond acceptors (Lipinski definition) is 2. The van der Waals surface area contributed by atoms with Gasteiger partial charge in [-0.3, -0.25) is 4.90 Å². The van der Waals surface area contributed by atoms with Crippen LogP contribution in [-0.4, -0.2) is 24.0 Å². The van der Waals surface area contributed by atoms with Crippen LogP contribution in [0.4, 0.5) is 0 Å². The highest BCUT2D eigenvalue weighted by Gasteiger charge is 2.20. The van der Waals surface area contributed by atoms with E-state index in [0.29, 0.717) is 0 Å². The second kappa shape index (κ2) is 7.80. The van der Waals surface area contributed by atoms with E-state index in [-0.39, 0.29) is 0 Å². The first-order valence-electron chi connectivity index (χ1n) is 8.25. The van der Waals surface area contributed by atoms with Gasteiger partial charge in [0.2, 0.25) is 0 Å². The molecule has 2 nitrogen and oxygen atoms in total. The highest BCUT2D eigenvalue weighted by Crippen LogP contribution is 2.20. The van der Waals surface area contributed by atoms with E-state index < -0.39 is 0 Å². The van der Waals surface area contributed by atoms with E-state index in [2.05, 4.69) is 55.3 Å². The van der Waals surface area contributed by atoms with Crippen molar-refractivity contribution in [1.82, 2.24) is 10.2 Å². The fraction of sp³-hybridized carbons (Fsp3) is 0.667. The summed E-state index contributed by atoms with van der Waals surface area (Å²) in [5, 5.41) is 3.64. The van der Waals surface area contributed by atoms with Crippen LogP contribution in [0.15, 0.2) is 24.3 Å². The van der Waals surface area contributed by atoms with Crippen LogP contribution in [0.25, 0.3) is 0 Å². The van der Waals surface area contributed by atoms with Gasteiger partial charge in [0.1, 0.15) is 0 Å². The molecule has 1 aliphatic rings. The third-order valence-corrected chi connectivity index (χ3v) is 4.38. The van der Waals surface area contributed by atoms with Gasteiger partial charge in [-0.05, 0) is 36.4 Å². The van der Waals surface area contributed by atoms with Crippen LogP contribution in [0.1, 0.15) is 51.2 Å². The fourth-order valence-electron chi connectivity index (χ4n) is 2.54. The van der Waals surface area contributed by atoms with Gasteiger partial charge in [-0.25, -0.2) is 0 Å². The van der Waals surface area contributed by atoms with Gasteiger partial charge in [0, 0.05) is 25.7 Å². The van der Waals surface area contributed by atoms with Gasteiger partial charge in [0.15, 0.2) is 0 Å². The third kappa shape index (κ3) is 4.92. The van der Waals surface area contributed by atoms with Crippen molar-refractivity contribution in [3.63, 3.8) is 0 Å². The Morgan fingerprint density at radius 3 is 2.50 bits per heavy atom. The Kier molecular flexibility index (Phi) is 6.06. The molecule has 1 aliphatic carbocycles. The zero-order valence-electron chi connectivity index (χ0n) is 13.4. The molecule has 1 atom stereocenters. The summed E-state index contributed by atoms with van der Waals surface area (Å²) in [6.07, 6.45) is 3.98. The van der Waals surface area contributed by atoms with E-state index in [1.54, 1.807) is 0 Å². The number of rotatable bonds is 9. The van der Waals surface area contributed by atoms with Crippen LogP contribution in [0, 0.1) is 5.92 Å². The Bertz CT molecular complexity index is 398. The minimum Gasteiger partial charge on any atom is -0.310 e. The molecule has 0 radical (unpaired) electrons. The van der Waals surface area contributed by atoms with E-state index in [1.807, 2.05) is 0 Å². The monoisotopic (exact) mass is 274 g/mol. The molecule has 2 rings (SSSR count). The summed E-state index contributed by atoms with van der Waals surface area (Å²) in [5.41, 5.74) is 2.97. The molecule has 1 aromatic carbocycles. The smallest absolute Gasteiger partial charge is 0.0236 e. The minimum atomic E-state index is 0.783. The second-order valence-electron chi connectivity index (χ2n) is 6.27. The van der Waals surface area contributed by atoms with Crippen LogP contribution in [0.5, 0.6) is 0 Å². The van der Waals surface area contributed by atoms with Crippen LogP contribution in [0.2, 0.25) is 0 Å². The Hall–Kier alpha value is -0.860. The van der Waals surface area contributed by atoms with E-state index in [0.717, 1.165) is 31.6 Å². The standard InChI is InChI=1S/C18H30N2/c1-4-15(3)13-20(5-2)14-17-9-7-6-8-16(17)12-19-18-10-11-18/h6-9,15,18-19H,4-5,10-14H2,1-3H3. The first-order valence-corrected chi connectivity index (χ1v) is 8.25. The number of nitrogens with one attached hydrogen (secondary N) is 1. The molecule has 1 saturated carbocycles. The molecule has 1 N–H and O–H groups in total. The van der Waals surface area contributed by atoms with Gasteiger partial charge in [-0.1, -0.05) is 51.5 Å². The molecule has 0 heterocycles. The molecule has 112 valence electrons. The summed E-state index contributed by atoms with van der Waals surface area (Å²) < 4.78 is 0. The van der Waals surface area contributed by atoms with Crippen LogP contribution < -0.4 is 5.32 Å². The van der Waals surface area contributed by atoms with E-state index >= 15 is 0 Å². The Morgan fingerprint density at radius 1 is 1.20 bits per heavy atom. The third-order valence-electron chi connectivity index (χ3n) is 4.38. The van der Waals surface area contributed by atoms with Gasteiger partial charge in [0.25, 0.3) is 0 Å². The zero-order chi connectivity index (χ0) is 14.4. The lowest BCUT2D eigenvalue weighted by molar-refractivity contribution is 0.237. The lowest BCUT2D eigenvalue weighted by Crippen LogP contribution is -2.28. The summed E-state index contributed by atoms with van der Waals surface area (Å²) in [6.45, 7) is 11.4. The predicted molar refractivity (Wildman–Crippen MR) is 86.7 cm³/mol. The van der Waals surface area contributed by atoms with Crippen molar-refractivity contribution in [2.45, 2.75) is 59.2 Å². The number of hydrogen-bond donors (Lipinski definition) is 1. The average Bonchev–Trinajstić information content (AvgIpc) is 3.29. The SMILES string of the molecule is CCC(C)CN(CC)Cc1ccccc1CNC1CC1. The number of benzene rings is 1. The maximum atomic E-state index is 3.64. The van der Waals surface area contributed by atoms with Crippen molar-refractivity contribution in [3.05, 3.63) is 35.4 Å². The largest absolute Gasteiger partial charge is 0.310 e. The first kappa shape index (κ1) is 15.5. The Labute approximate surface area is 124 Å². The second-order valence-corrected chi connectivity index (χ2v) is 6.27. The van der Waals surface area contributed by atoms with Gasteiger partial charge in [-0.15, -0.1) is 0 Å². The molecule has 1 unspecified atom stereocenters. The zero-order valence-corrected chi connectivity index (χ0v) is 13.4. The topological polar surface area (TPSA) is 15.3 Å². The summed E-state index contributed by atoms with van der Waals surface area (Å²) in [7, 11) is 0. The van der Waals surface area contributed by atoms with Crippen molar-refractivity contribution in [2.75, 3.05) is 13.1 Å². The Morgan fingerprint density at radius 2 is 1.90 bits per heavy atom. The van der Waals surface area contributed by atoms with Gasteiger partial charge in [0.05, 0.1) is 0 Å². The quantitative estimate of drug-likeness (QED) is 0.736. The van der Waals surface area contributed by atoms with Crippen molar-refractivity contribution in [3.8, 4) is 0 Å². The molecule has 20 heavy (non-hydrogen) atoms. The van der Waals surface area contributed by atoms with E-state index in [1.165, 1.54) is 36.9 Å². The van der Waals surface area contributed by atoms with Gasteiger partial charge < -0.3 is 5.32 Å². The highest BCUT2D eigenvalue weighted by atomic mass is 15.1. The first-order chi connectivity index (χ1) is 9.72. The van der Waals surface area contributed by atoms with Crippen LogP contribution >= 0.6 is 0 Å². The molecule has 0 spiro atoms. The van der Waals surface area contributed by atoms with Crippen molar-refractivity contribution < 1.29 is 0 Å². The molecular weight excluding hydrogens is 244 g/mol. The maximum absolute atomic E-state index is 3.64. The van der Waals surface area contributed by atoms with Crippen LogP contribution in [0.3, 0.4) is 0 Å². The van der Waals surface area contributed by atoms with Crippen molar-refractivity contribution in [2.24, 2.45) is 5.92 Å². The lowest BCUT2D eigenvalue weighted by atomic mass is 10.0. The molecule has 0 aliphatic heterocycles. The van der Waals surface area contributed by atoms with Gasteiger partial charge >= 0.3 is 0 Å². The van der Waals surface area contributed by atoms with Crippen LogP contribution in [-0.2, 0) is 13.1 Å². The van der Waals surface area contributed by atoms with Crippen molar-refractivity contribution >= 4 is 0 Å². The molecule has 1 fully saturated rings.